The molecule has 10 heteroatoms. The number of carbonyl (C=O) groups is 1. The van der Waals surface area contributed by atoms with Crippen LogP contribution in [0.25, 0.3) is 33.7 Å². The molecule has 1 fully saturated rings. The van der Waals surface area contributed by atoms with E-state index < -0.39 is 17.6 Å². The van der Waals surface area contributed by atoms with Gasteiger partial charge >= 0.3 is 12.0 Å². The molecular formula is C24H21F2N5O3. The third-order valence-electron chi connectivity index (χ3n) is 6.01. The van der Waals surface area contributed by atoms with Gasteiger partial charge in [-0.1, -0.05) is 0 Å². The first-order chi connectivity index (χ1) is 16.4. The standard InChI is InChI=1S/C24H21F2N5O3/c25-17-8-20-21(9-18(17)26)31-23(30-20)14-3-6-19(27-10-14)15-11-28-24(29-12-15)34-16-4-1-13(2-5-16)7-22(32)33/h3,6,8-13,16H,1-2,4-5,7H2,(H,30,31)(H,32,33). The van der Waals surface area contributed by atoms with Gasteiger partial charge in [0.05, 0.1) is 16.7 Å². The van der Waals surface area contributed by atoms with E-state index in [9.17, 15) is 13.6 Å². The summed E-state index contributed by atoms with van der Waals surface area (Å²) in [6, 6.07) is 5.99. The van der Waals surface area contributed by atoms with Crippen molar-refractivity contribution in [3.05, 3.63) is 54.5 Å². The number of aromatic amines is 1. The summed E-state index contributed by atoms with van der Waals surface area (Å²) >= 11 is 0. The summed E-state index contributed by atoms with van der Waals surface area (Å²) in [5.41, 5.74) is 2.75. The van der Waals surface area contributed by atoms with Crippen LogP contribution in [0.3, 0.4) is 0 Å². The molecule has 34 heavy (non-hydrogen) atoms. The molecule has 2 N–H and O–H groups in total. The zero-order chi connectivity index (χ0) is 23.7. The van der Waals surface area contributed by atoms with E-state index in [-0.39, 0.29) is 24.5 Å². The molecule has 3 heterocycles. The summed E-state index contributed by atoms with van der Waals surface area (Å²) in [4.78, 5) is 31.1. The number of imidazole rings is 1. The molecule has 8 nitrogen and oxygen atoms in total. The minimum absolute atomic E-state index is 0.0148. The smallest absolute Gasteiger partial charge is 0.316 e. The first kappa shape index (κ1) is 21.9. The van der Waals surface area contributed by atoms with Gasteiger partial charge < -0.3 is 14.8 Å². The Balaban J connectivity index is 1.23. The van der Waals surface area contributed by atoms with Crippen LogP contribution in [0.2, 0.25) is 0 Å². The molecule has 0 unspecified atom stereocenters. The van der Waals surface area contributed by atoms with Crippen molar-refractivity contribution in [1.29, 1.82) is 0 Å². The van der Waals surface area contributed by atoms with E-state index in [1.807, 2.05) is 0 Å². The van der Waals surface area contributed by atoms with Crippen molar-refractivity contribution in [2.45, 2.75) is 38.2 Å². The topological polar surface area (TPSA) is 114 Å². The van der Waals surface area contributed by atoms with Gasteiger partial charge in [0, 0.05) is 48.3 Å². The normalized spacial score (nSPS) is 18.2. The Morgan fingerprint density at radius 2 is 1.71 bits per heavy atom. The van der Waals surface area contributed by atoms with Gasteiger partial charge in [-0.2, -0.15) is 0 Å². The minimum atomic E-state index is -0.947. The lowest BCUT2D eigenvalue weighted by Gasteiger charge is -2.27. The van der Waals surface area contributed by atoms with Crippen LogP contribution in [0.4, 0.5) is 8.78 Å². The quantitative estimate of drug-likeness (QED) is 0.421. The zero-order valence-electron chi connectivity index (χ0n) is 18.0. The predicted molar refractivity (Wildman–Crippen MR) is 119 cm³/mol. The summed E-state index contributed by atoms with van der Waals surface area (Å²) in [5, 5.41) is 8.92. The summed E-state index contributed by atoms with van der Waals surface area (Å²) in [5.74, 6) is -1.98. The number of nitrogens with one attached hydrogen (secondary N) is 1. The van der Waals surface area contributed by atoms with Crippen molar-refractivity contribution in [1.82, 2.24) is 24.9 Å². The number of pyridine rings is 1. The van der Waals surface area contributed by atoms with Crippen molar-refractivity contribution in [2.75, 3.05) is 0 Å². The van der Waals surface area contributed by atoms with Crippen molar-refractivity contribution >= 4 is 17.0 Å². The molecule has 0 saturated heterocycles. The summed E-state index contributed by atoms with van der Waals surface area (Å²) < 4.78 is 32.7. The number of benzene rings is 1. The van der Waals surface area contributed by atoms with Gasteiger partial charge in [-0.05, 0) is 43.7 Å². The van der Waals surface area contributed by atoms with Crippen molar-refractivity contribution < 1.29 is 23.4 Å². The van der Waals surface area contributed by atoms with Crippen molar-refractivity contribution in [3.8, 4) is 28.7 Å². The molecule has 1 saturated carbocycles. The van der Waals surface area contributed by atoms with Crippen LogP contribution in [0, 0.1) is 17.6 Å². The van der Waals surface area contributed by atoms with Gasteiger partial charge in [-0.15, -0.1) is 0 Å². The zero-order valence-corrected chi connectivity index (χ0v) is 18.0. The number of rotatable bonds is 6. The van der Waals surface area contributed by atoms with Crippen molar-refractivity contribution in [2.24, 2.45) is 5.92 Å². The number of nitrogens with zero attached hydrogens (tertiary/aromatic N) is 4. The molecule has 1 aliphatic carbocycles. The van der Waals surface area contributed by atoms with Crippen LogP contribution in [0.15, 0.2) is 42.9 Å². The fourth-order valence-electron chi connectivity index (χ4n) is 4.21. The fraction of sp³-hybridized carbons (Fsp3) is 0.292. The maximum absolute atomic E-state index is 13.4. The first-order valence-electron chi connectivity index (χ1n) is 11.0. The average Bonchev–Trinajstić information content (AvgIpc) is 3.23. The molecule has 3 aromatic heterocycles. The summed E-state index contributed by atoms with van der Waals surface area (Å²) in [7, 11) is 0. The second-order valence-electron chi connectivity index (χ2n) is 8.41. The lowest BCUT2D eigenvalue weighted by molar-refractivity contribution is -0.138. The van der Waals surface area contributed by atoms with E-state index in [0.29, 0.717) is 33.7 Å². The number of aliphatic carboxylic acids is 1. The summed E-state index contributed by atoms with van der Waals surface area (Å²) in [6.07, 6.45) is 8.28. The Morgan fingerprint density at radius 1 is 1.00 bits per heavy atom. The number of hydrogen-bond acceptors (Lipinski definition) is 6. The molecule has 1 aliphatic rings. The van der Waals surface area contributed by atoms with Crippen LogP contribution < -0.4 is 4.74 Å². The Labute approximate surface area is 193 Å². The highest BCUT2D eigenvalue weighted by atomic mass is 19.2. The SMILES string of the molecule is O=C(O)CC1CCC(Oc2ncc(-c3ccc(-c4nc5cc(F)c(F)cc5[nH]4)cn3)cn2)CC1. The molecular weight excluding hydrogens is 444 g/mol. The van der Waals surface area contributed by atoms with Gasteiger partial charge in [0.1, 0.15) is 11.9 Å². The van der Waals surface area contributed by atoms with E-state index >= 15 is 0 Å². The number of halogens is 2. The molecule has 174 valence electrons. The molecule has 1 aromatic carbocycles. The van der Waals surface area contributed by atoms with Gasteiger partial charge in [0.15, 0.2) is 11.6 Å². The monoisotopic (exact) mass is 465 g/mol. The second kappa shape index (κ2) is 9.12. The highest BCUT2D eigenvalue weighted by molar-refractivity contribution is 5.79. The molecule has 0 atom stereocenters. The molecule has 0 radical (unpaired) electrons. The third kappa shape index (κ3) is 4.70. The first-order valence-corrected chi connectivity index (χ1v) is 11.0. The Morgan fingerprint density at radius 3 is 2.38 bits per heavy atom. The largest absolute Gasteiger partial charge is 0.481 e. The van der Waals surface area contributed by atoms with Crippen LogP contribution in [0.5, 0.6) is 6.01 Å². The van der Waals surface area contributed by atoms with Crippen LogP contribution in [-0.4, -0.2) is 42.1 Å². The maximum Gasteiger partial charge on any atom is 0.316 e. The Bertz CT molecular complexity index is 1280. The number of fused-ring (bicyclic) bond motifs is 1. The van der Waals surface area contributed by atoms with E-state index in [4.69, 9.17) is 9.84 Å². The van der Waals surface area contributed by atoms with Gasteiger partial charge in [-0.25, -0.2) is 23.7 Å². The highest BCUT2D eigenvalue weighted by Gasteiger charge is 2.24. The number of hydrogen-bond donors (Lipinski definition) is 2. The second-order valence-corrected chi connectivity index (χ2v) is 8.41. The molecule has 0 aliphatic heterocycles. The number of ether oxygens (including phenoxy) is 1. The van der Waals surface area contributed by atoms with Crippen molar-refractivity contribution in [3.63, 3.8) is 0 Å². The molecule has 0 amide bonds. The highest BCUT2D eigenvalue weighted by Crippen LogP contribution is 2.29. The van der Waals surface area contributed by atoms with Gasteiger partial charge in [-0.3, -0.25) is 9.78 Å². The molecule has 0 spiro atoms. The lowest BCUT2D eigenvalue weighted by Crippen LogP contribution is -2.25. The van der Waals surface area contributed by atoms with E-state index in [0.717, 1.165) is 37.8 Å². The number of carboxylic acid groups (broad SMARTS) is 1. The minimum Gasteiger partial charge on any atom is -0.481 e. The Kier molecular flexibility index (Phi) is 5.87. The summed E-state index contributed by atoms with van der Waals surface area (Å²) in [6.45, 7) is 0. The lowest BCUT2D eigenvalue weighted by atomic mass is 9.85. The van der Waals surface area contributed by atoms with Gasteiger partial charge in [0.25, 0.3) is 0 Å². The number of carboxylic acids is 1. The van der Waals surface area contributed by atoms with Crippen LogP contribution in [0.1, 0.15) is 32.1 Å². The van der Waals surface area contributed by atoms with Crippen LogP contribution in [-0.2, 0) is 4.79 Å². The average molecular weight is 465 g/mol. The van der Waals surface area contributed by atoms with Crippen LogP contribution >= 0.6 is 0 Å². The molecule has 5 rings (SSSR count). The van der Waals surface area contributed by atoms with E-state index in [2.05, 4.69) is 24.9 Å². The fourth-order valence-corrected chi connectivity index (χ4v) is 4.21. The number of aromatic nitrogens is 5. The molecule has 4 aromatic rings. The van der Waals surface area contributed by atoms with E-state index in [1.165, 1.54) is 0 Å². The van der Waals surface area contributed by atoms with E-state index in [1.54, 1.807) is 30.7 Å². The third-order valence-corrected chi connectivity index (χ3v) is 6.01. The number of H-pyrrole nitrogens is 1. The maximum atomic E-state index is 13.4. The molecule has 0 bridgehead atoms. The predicted octanol–water partition coefficient (Wildman–Crippen LogP) is 4.77. The Hall–Kier alpha value is -3.95. The van der Waals surface area contributed by atoms with Gasteiger partial charge in [0.2, 0.25) is 0 Å².